The van der Waals surface area contributed by atoms with E-state index in [4.69, 9.17) is 4.42 Å². The minimum atomic E-state index is 0.601. The summed E-state index contributed by atoms with van der Waals surface area (Å²) in [4.78, 5) is 0. The van der Waals surface area contributed by atoms with Crippen molar-refractivity contribution in [3.05, 3.63) is 53.5 Å². The van der Waals surface area contributed by atoms with Gasteiger partial charge in [0.05, 0.1) is 6.26 Å². The monoisotopic (exact) mass is 240 g/mol. The van der Waals surface area contributed by atoms with Gasteiger partial charge in [0.15, 0.2) is 0 Å². The molecule has 1 heterocycles. The van der Waals surface area contributed by atoms with E-state index >= 15 is 0 Å². The fraction of sp³-hybridized carbons (Fsp3) is 0.200. The van der Waals surface area contributed by atoms with Gasteiger partial charge < -0.3 is 4.42 Å². The third kappa shape index (κ3) is 1.52. The molecule has 3 rings (SSSR count). The Hall–Kier alpha value is -1.54. The molecular formula is C15H16OSi. The third-order valence-electron chi connectivity index (χ3n) is 3.88. The first-order valence-electron chi connectivity index (χ1n) is 6.04. The van der Waals surface area contributed by atoms with Crippen molar-refractivity contribution in [2.45, 2.75) is 19.4 Å². The summed E-state index contributed by atoms with van der Waals surface area (Å²) in [5.74, 6) is 1.07. The zero-order valence-corrected chi connectivity index (χ0v) is 12.4. The smallest absolute Gasteiger partial charge is 0.137 e. The van der Waals surface area contributed by atoms with Crippen molar-refractivity contribution in [1.82, 2.24) is 0 Å². The van der Waals surface area contributed by atoms with Crippen molar-refractivity contribution in [1.29, 1.82) is 0 Å². The average Bonchev–Trinajstić information content (AvgIpc) is 2.86. The van der Waals surface area contributed by atoms with Crippen LogP contribution in [0.1, 0.15) is 19.6 Å². The number of fused-ring (bicyclic) bond motifs is 1. The Morgan fingerprint density at radius 3 is 2.65 bits per heavy atom. The average molecular weight is 240 g/mol. The van der Waals surface area contributed by atoms with Crippen LogP contribution in [-0.4, -0.2) is 10.2 Å². The highest BCUT2D eigenvalue weighted by atomic mass is 28.1. The first kappa shape index (κ1) is 10.6. The predicted molar refractivity (Wildman–Crippen MR) is 76.3 cm³/mol. The third-order valence-corrected chi connectivity index (χ3v) is 5.37. The van der Waals surface area contributed by atoms with E-state index < -0.39 is 0 Å². The summed E-state index contributed by atoms with van der Waals surface area (Å²) in [5.41, 5.74) is 4.88. The van der Waals surface area contributed by atoms with E-state index in [9.17, 15) is 0 Å². The molecule has 0 aliphatic heterocycles. The Morgan fingerprint density at radius 1 is 1.18 bits per heavy atom. The largest absolute Gasteiger partial charge is 0.463 e. The lowest BCUT2D eigenvalue weighted by Crippen LogP contribution is -1.93. The highest BCUT2D eigenvalue weighted by Gasteiger charge is 2.23. The molecule has 0 saturated carbocycles. The van der Waals surface area contributed by atoms with E-state index in [0.29, 0.717) is 5.54 Å². The van der Waals surface area contributed by atoms with Gasteiger partial charge in [-0.2, -0.15) is 0 Å². The second-order valence-electron chi connectivity index (χ2n) is 4.84. The molecule has 1 nitrogen and oxygen atoms in total. The van der Waals surface area contributed by atoms with E-state index in [-0.39, 0.29) is 0 Å². The first-order valence-corrected chi connectivity index (χ1v) is 7.19. The number of rotatable bonds is 1. The Labute approximate surface area is 104 Å². The molecule has 1 aliphatic rings. The van der Waals surface area contributed by atoms with Crippen LogP contribution >= 0.6 is 0 Å². The number of hydrogen-bond acceptors (Lipinski definition) is 1. The fourth-order valence-corrected chi connectivity index (χ4v) is 3.41. The molecule has 1 atom stereocenters. The number of allylic oxidation sites excluding steroid dienone is 4. The minimum absolute atomic E-state index is 0.601. The van der Waals surface area contributed by atoms with Gasteiger partial charge in [0.25, 0.3) is 0 Å². The molecule has 2 heteroatoms. The summed E-state index contributed by atoms with van der Waals surface area (Å²) in [7, 11) is 1.14. The predicted octanol–water partition coefficient (Wildman–Crippen LogP) is 3.32. The highest BCUT2D eigenvalue weighted by Crippen LogP contribution is 2.42. The number of furan rings is 1. The van der Waals surface area contributed by atoms with Crippen molar-refractivity contribution in [2.24, 2.45) is 0 Å². The van der Waals surface area contributed by atoms with Crippen LogP contribution in [0.2, 0.25) is 5.54 Å². The summed E-state index contributed by atoms with van der Waals surface area (Å²) in [6.07, 6.45) is 4.15. The SMILES string of the molecule is CC1=C(C)C([SiH3])C(c2occ3ccccc23)=C1. The lowest BCUT2D eigenvalue weighted by atomic mass is 10.1. The molecule has 0 amide bonds. The Bertz CT molecular complexity index is 646. The maximum atomic E-state index is 5.79. The van der Waals surface area contributed by atoms with Gasteiger partial charge >= 0.3 is 0 Å². The van der Waals surface area contributed by atoms with Gasteiger partial charge in [-0.1, -0.05) is 41.5 Å². The van der Waals surface area contributed by atoms with E-state index in [1.807, 2.05) is 6.26 Å². The Balaban J connectivity index is 2.16. The van der Waals surface area contributed by atoms with Gasteiger partial charge in [0.1, 0.15) is 5.76 Å². The molecule has 86 valence electrons. The topological polar surface area (TPSA) is 13.1 Å². The molecular weight excluding hydrogens is 224 g/mol. The van der Waals surface area contributed by atoms with E-state index in [1.165, 1.54) is 27.5 Å². The zero-order chi connectivity index (χ0) is 12.0. The van der Waals surface area contributed by atoms with Crippen molar-refractivity contribution < 1.29 is 4.42 Å². The summed E-state index contributed by atoms with van der Waals surface area (Å²) in [5, 5.41) is 2.43. The van der Waals surface area contributed by atoms with Gasteiger partial charge in [-0.25, -0.2) is 0 Å². The van der Waals surface area contributed by atoms with Crippen LogP contribution in [0.15, 0.2) is 52.2 Å². The molecule has 1 unspecified atom stereocenters. The van der Waals surface area contributed by atoms with Crippen LogP contribution in [0.25, 0.3) is 16.3 Å². The molecule has 17 heavy (non-hydrogen) atoms. The molecule has 1 aromatic carbocycles. The summed E-state index contributed by atoms with van der Waals surface area (Å²) in [6, 6.07) is 8.38. The molecule has 0 radical (unpaired) electrons. The maximum absolute atomic E-state index is 5.79. The Morgan fingerprint density at radius 2 is 1.94 bits per heavy atom. The molecule has 1 aromatic heterocycles. The maximum Gasteiger partial charge on any atom is 0.137 e. The second-order valence-corrected chi connectivity index (χ2v) is 5.99. The van der Waals surface area contributed by atoms with E-state index in [1.54, 1.807) is 0 Å². The summed E-state index contributed by atoms with van der Waals surface area (Å²) < 4.78 is 5.79. The molecule has 1 aliphatic carbocycles. The molecule has 0 saturated heterocycles. The molecule has 0 N–H and O–H groups in total. The van der Waals surface area contributed by atoms with E-state index in [0.717, 1.165) is 16.0 Å². The fourth-order valence-electron chi connectivity index (χ4n) is 2.53. The molecule has 0 spiro atoms. The van der Waals surface area contributed by atoms with Crippen LogP contribution in [0.4, 0.5) is 0 Å². The number of hydrogen-bond donors (Lipinski definition) is 0. The Kier molecular flexibility index (Phi) is 2.33. The first-order chi connectivity index (χ1) is 8.18. The summed E-state index contributed by atoms with van der Waals surface area (Å²) in [6.45, 7) is 4.43. The van der Waals surface area contributed by atoms with E-state index in [2.05, 4.69) is 44.2 Å². The molecule has 0 bridgehead atoms. The van der Waals surface area contributed by atoms with Crippen LogP contribution in [-0.2, 0) is 0 Å². The zero-order valence-electron chi connectivity index (χ0n) is 10.4. The van der Waals surface area contributed by atoms with Crippen molar-refractivity contribution in [2.75, 3.05) is 0 Å². The van der Waals surface area contributed by atoms with Crippen LogP contribution in [0.5, 0.6) is 0 Å². The van der Waals surface area contributed by atoms with Crippen molar-refractivity contribution >= 4 is 26.6 Å². The molecule has 2 aromatic rings. The lowest BCUT2D eigenvalue weighted by molar-refractivity contribution is 0.557. The lowest BCUT2D eigenvalue weighted by Gasteiger charge is -2.09. The van der Waals surface area contributed by atoms with Gasteiger partial charge in [-0.3, -0.25) is 0 Å². The van der Waals surface area contributed by atoms with Gasteiger partial charge in [-0.05, 0) is 25.0 Å². The van der Waals surface area contributed by atoms with Crippen LogP contribution < -0.4 is 0 Å². The minimum Gasteiger partial charge on any atom is -0.463 e. The second kappa shape index (κ2) is 3.74. The van der Waals surface area contributed by atoms with Gasteiger partial charge in [0.2, 0.25) is 0 Å². The standard InChI is InChI=1S/C15H16OSi/c1-9-7-13(15(17)10(9)2)14-12-6-4-3-5-11(12)8-16-14/h3-8,15H,1-2,17H3. The van der Waals surface area contributed by atoms with Crippen molar-refractivity contribution in [3.8, 4) is 0 Å². The van der Waals surface area contributed by atoms with Crippen LogP contribution in [0.3, 0.4) is 0 Å². The van der Waals surface area contributed by atoms with Gasteiger partial charge in [0, 0.05) is 21.0 Å². The highest BCUT2D eigenvalue weighted by molar-refractivity contribution is 6.22. The number of benzene rings is 1. The molecule has 0 fully saturated rings. The van der Waals surface area contributed by atoms with Crippen molar-refractivity contribution in [3.63, 3.8) is 0 Å². The normalized spacial score (nSPS) is 20.4. The van der Waals surface area contributed by atoms with Gasteiger partial charge in [-0.15, -0.1) is 0 Å². The summed E-state index contributed by atoms with van der Waals surface area (Å²) >= 11 is 0. The van der Waals surface area contributed by atoms with Crippen LogP contribution in [0, 0.1) is 0 Å². The quantitative estimate of drug-likeness (QED) is 0.697.